The predicted octanol–water partition coefficient (Wildman–Crippen LogP) is 0.407. The molecule has 2 N–H and O–H groups in total. The standard InChI is InChI=1S/C5H7N2/c1-7-3-2-5(6)4-7/h2,4H,6H2,1H3. The van der Waals surface area contributed by atoms with Crippen LogP contribution in [-0.4, -0.2) is 4.57 Å². The van der Waals surface area contributed by atoms with E-state index in [4.69, 9.17) is 5.73 Å². The van der Waals surface area contributed by atoms with Gasteiger partial charge in [-0.2, -0.15) is 0 Å². The Morgan fingerprint density at radius 3 is 2.71 bits per heavy atom. The van der Waals surface area contributed by atoms with E-state index in [1.807, 2.05) is 7.05 Å². The quantitative estimate of drug-likeness (QED) is 0.497. The molecule has 0 fully saturated rings. The lowest BCUT2D eigenvalue weighted by Gasteiger charge is -1.80. The third kappa shape index (κ3) is 0.738. The number of hydrogen-bond donors (Lipinski definition) is 1. The zero-order chi connectivity index (χ0) is 5.28. The van der Waals surface area contributed by atoms with Gasteiger partial charge in [0.05, 0.1) is 11.9 Å². The molecule has 0 aliphatic heterocycles. The predicted molar refractivity (Wildman–Crippen MR) is 28.7 cm³/mol. The van der Waals surface area contributed by atoms with E-state index in [9.17, 15) is 0 Å². The lowest BCUT2D eigenvalue weighted by Crippen LogP contribution is -1.81. The van der Waals surface area contributed by atoms with Crippen molar-refractivity contribution in [1.29, 1.82) is 0 Å². The maximum Gasteiger partial charge on any atom is 0.0667 e. The summed E-state index contributed by atoms with van der Waals surface area (Å²) in [4.78, 5) is 0. The van der Waals surface area contributed by atoms with E-state index in [2.05, 4.69) is 6.20 Å². The van der Waals surface area contributed by atoms with Crippen molar-refractivity contribution in [2.45, 2.75) is 0 Å². The zero-order valence-corrected chi connectivity index (χ0v) is 4.18. The van der Waals surface area contributed by atoms with E-state index in [0.717, 1.165) is 5.69 Å². The molecule has 0 atom stereocenters. The number of hydrogen-bond acceptors (Lipinski definition) is 1. The molecule has 1 aromatic rings. The fourth-order valence-corrected chi connectivity index (χ4v) is 0.474. The van der Waals surface area contributed by atoms with Crippen molar-refractivity contribution in [2.24, 2.45) is 7.05 Å². The Morgan fingerprint density at radius 2 is 2.57 bits per heavy atom. The molecule has 7 heavy (non-hydrogen) atoms. The first-order valence-electron chi connectivity index (χ1n) is 2.08. The molecule has 0 saturated carbocycles. The number of aromatic nitrogens is 1. The summed E-state index contributed by atoms with van der Waals surface area (Å²) in [6.45, 7) is 0. The summed E-state index contributed by atoms with van der Waals surface area (Å²) in [6, 6.07) is 1.74. The first kappa shape index (κ1) is 4.24. The summed E-state index contributed by atoms with van der Waals surface area (Å²) >= 11 is 0. The molecule has 0 aliphatic carbocycles. The summed E-state index contributed by atoms with van der Waals surface area (Å²) in [5, 5.41) is 0. The van der Waals surface area contributed by atoms with Gasteiger partial charge in [-0.3, -0.25) is 0 Å². The van der Waals surface area contributed by atoms with E-state index < -0.39 is 0 Å². The molecule has 0 amide bonds. The number of aryl methyl sites for hydroxylation is 1. The molecule has 0 bridgehead atoms. The Bertz CT molecular complexity index is 138. The molecule has 1 heterocycles. The maximum absolute atomic E-state index is 5.33. The SMILES string of the molecule is Cn1[c]cc(N)c1. The summed E-state index contributed by atoms with van der Waals surface area (Å²) in [5.41, 5.74) is 6.09. The van der Waals surface area contributed by atoms with Crippen LogP contribution in [0.3, 0.4) is 0 Å². The first-order chi connectivity index (χ1) is 3.29. The molecule has 0 unspecified atom stereocenters. The van der Waals surface area contributed by atoms with Crippen LogP contribution in [0.25, 0.3) is 0 Å². The van der Waals surface area contributed by atoms with Gasteiger partial charge in [0.15, 0.2) is 0 Å². The Balaban J connectivity index is 3.04. The fraction of sp³-hybridized carbons (Fsp3) is 0.200. The molecular weight excluding hydrogens is 88.1 g/mol. The Morgan fingerprint density at radius 1 is 1.86 bits per heavy atom. The van der Waals surface area contributed by atoms with Gasteiger partial charge in [-0.15, -0.1) is 0 Å². The highest BCUT2D eigenvalue weighted by Gasteiger charge is 1.81. The van der Waals surface area contributed by atoms with Crippen molar-refractivity contribution in [2.75, 3.05) is 5.73 Å². The van der Waals surface area contributed by atoms with Crippen LogP contribution in [0.2, 0.25) is 0 Å². The lowest BCUT2D eigenvalue weighted by molar-refractivity contribution is 0.920. The monoisotopic (exact) mass is 95.1 g/mol. The van der Waals surface area contributed by atoms with Crippen LogP contribution < -0.4 is 5.73 Å². The topological polar surface area (TPSA) is 30.9 Å². The normalized spacial score (nSPS) is 9.29. The van der Waals surface area contributed by atoms with Crippen molar-refractivity contribution < 1.29 is 0 Å². The van der Waals surface area contributed by atoms with Gasteiger partial charge in [0.25, 0.3) is 0 Å². The summed E-state index contributed by atoms with van der Waals surface area (Å²) < 4.78 is 1.79. The van der Waals surface area contributed by atoms with Crippen molar-refractivity contribution in [3.8, 4) is 0 Å². The third-order valence-corrected chi connectivity index (χ3v) is 0.778. The molecule has 0 aliphatic rings. The Hall–Kier alpha value is -0.920. The highest BCUT2D eigenvalue weighted by molar-refractivity contribution is 5.33. The Labute approximate surface area is 42.6 Å². The minimum atomic E-state index is 0.766. The van der Waals surface area contributed by atoms with E-state index in [-0.39, 0.29) is 0 Å². The van der Waals surface area contributed by atoms with Gasteiger partial charge in [0.2, 0.25) is 0 Å². The molecule has 0 saturated heterocycles. The van der Waals surface area contributed by atoms with E-state index >= 15 is 0 Å². The number of anilines is 1. The van der Waals surface area contributed by atoms with E-state index in [1.165, 1.54) is 0 Å². The summed E-state index contributed by atoms with van der Waals surface area (Å²) in [7, 11) is 1.89. The number of nitrogens with two attached hydrogens (primary N) is 1. The van der Waals surface area contributed by atoms with E-state index in [0.29, 0.717) is 0 Å². The largest absolute Gasteiger partial charge is 0.397 e. The highest BCUT2D eigenvalue weighted by Crippen LogP contribution is 1.96. The average molecular weight is 95.1 g/mol. The van der Waals surface area contributed by atoms with Crippen molar-refractivity contribution in [3.63, 3.8) is 0 Å². The lowest BCUT2D eigenvalue weighted by atomic mass is 10.6. The molecule has 2 nitrogen and oxygen atoms in total. The van der Waals surface area contributed by atoms with Gasteiger partial charge >= 0.3 is 0 Å². The van der Waals surface area contributed by atoms with Gasteiger partial charge in [-0.05, 0) is 6.07 Å². The van der Waals surface area contributed by atoms with Crippen LogP contribution in [0.15, 0.2) is 12.3 Å². The van der Waals surface area contributed by atoms with Gasteiger partial charge in [0, 0.05) is 13.2 Å². The molecular formula is C5H7N2. The smallest absolute Gasteiger partial charge is 0.0667 e. The number of nitrogens with zero attached hydrogens (tertiary/aromatic N) is 1. The highest BCUT2D eigenvalue weighted by atomic mass is 14.9. The third-order valence-electron chi connectivity index (χ3n) is 0.778. The molecule has 2 heteroatoms. The number of rotatable bonds is 0. The first-order valence-corrected chi connectivity index (χ1v) is 2.08. The van der Waals surface area contributed by atoms with Gasteiger partial charge < -0.3 is 10.3 Å². The second kappa shape index (κ2) is 1.30. The molecule has 0 spiro atoms. The second-order valence-corrected chi connectivity index (χ2v) is 1.51. The van der Waals surface area contributed by atoms with Gasteiger partial charge in [0.1, 0.15) is 0 Å². The minimum Gasteiger partial charge on any atom is -0.397 e. The molecule has 1 aromatic heterocycles. The van der Waals surface area contributed by atoms with Crippen molar-refractivity contribution >= 4 is 5.69 Å². The molecule has 1 radical (unpaired) electrons. The Kier molecular flexibility index (Phi) is 0.785. The number of nitrogen functional groups attached to an aromatic ring is 1. The molecule has 37 valence electrons. The van der Waals surface area contributed by atoms with Crippen LogP contribution in [0, 0.1) is 6.20 Å². The van der Waals surface area contributed by atoms with E-state index in [1.54, 1.807) is 16.8 Å². The van der Waals surface area contributed by atoms with Gasteiger partial charge in [-0.25, -0.2) is 0 Å². The van der Waals surface area contributed by atoms with Crippen LogP contribution >= 0.6 is 0 Å². The second-order valence-electron chi connectivity index (χ2n) is 1.51. The average Bonchev–Trinajstić information content (AvgIpc) is 1.87. The molecule has 0 aromatic carbocycles. The summed E-state index contributed by atoms with van der Waals surface area (Å²) in [6.07, 6.45) is 4.67. The van der Waals surface area contributed by atoms with Crippen molar-refractivity contribution in [3.05, 3.63) is 18.5 Å². The van der Waals surface area contributed by atoms with Crippen LogP contribution in [0.5, 0.6) is 0 Å². The minimum absolute atomic E-state index is 0.766. The summed E-state index contributed by atoms with van der Waals surface area (Å²) in [5.74, 6) is 0. The zero-order valence-electron chi connectivity index (χ0n) is 4.18. The maximum atomic E-state index is 5.33. The molecule has 1 rings (SSSR count). The van der Waals surface area contributed by atoms with Gasteiger partial charge in [-0.1, -0.05) is 0 Å². The van der Waals surface area contributed by atoms with Crippen LogP contribution in [0.4, 0.5) is 5.69 Å². The van der Waals surface area contributed by atoms with Crippen LogP contribution in [-0.2, 0) is 7.05 Å². The van der Waals surface area contributed by atoms with Crippen molar-refractivity contribution in [1.82, 2.24) is 4.57 Å². The fourth-order valence-electron chi connectivity index (χ4n) is 0.474. The van der Waals surface area contributed by atoms with Crippen LogP contribution in [0.1, 0.15) is 0 Å².